The van der Waals surface area contributed by atoms with E-state index in [1.54, 1.807) is 6.21 Å². The summed E-state index contributed by atoms with van der Waals surface area (Å²) in [4.78, 5) is 8.89. The molecule has 2 heterocycles. The molecule has 0 aromatic heterocycles. The lowest BCUT2D eigenvalue weighted by molar-refractivity contribution is 0.110. The van der Waals surface area contributed by atoms with Gasteiger partial charge in [0.05, 0.1) is 11.5 Å². The normalized spacial score (nSPS) is 18.9. The monoisotopic (exact) mass is 506 g/mol. The molecule has 1 atom stereocenters. The molecule has 196 valence electrons. The first-order valence-electron chi connectivity index (χ1n) is 12.8. The quantitative estimate of drug-likeness (QED) is 0.332. The van der Waals surface area contributed by atoms with Gasteiger partial charge in [-0.25, -0.2) is 8.78 Å². The fraction of sp³-hybridized carbons (Fsp3) is 0.379. The maximum absolute atomic E-state index is 14.2. The molecule has 0 aliphatic carbocycles. The highest BCUT2D eigenvalue weighted by Gasteiger charge is 2.30. The van der Waals surface area contributed by atoms with Crippen LogP contribution in [0.25, 0.3) is 0 Å². The van der Waals surface area contributed by atoms with E-state index in [4.69, 9.17) is 11.1 Å². The highest BCUT2D eigenvalue weighted by atomic mass is 19.1. The van der Waals surface area contributed by atoms with Crippen molar-refractivity contribution in [3.05, 3.63) is 82.7 Å². The van der Waals surface area contributed by atoms with E-state index < -0.39 is 11.6 Å². The fourth-order valence-corrected chi connectivity index (χ4v) is 4.97. The molecule has 2 aromatic rings. The zero-order chi connectivity index (χ0) is 26.7. The lowest BCUT2D eigenvalue weighted by atomic mass is 9.95. The van der Waals surface area contributed by atoms with Crippen LogP contribution in [-0.4, -0.2) is 46.9 Å². The van der Waals surface area contributed by atoms with Gasteiger partial charge in [0.2, 0.25) is 0 Å². The van der Waals surface area contributed by atoms with E-state index >= 15 is 0 Å². The summed E-state index contributed by atoms with van der Waals surface area (Å²) in [5, 5.41) is 12.2. The molecule has 0 spiro atoms. The number of hydrogen-bond donors (Lipinski definition) is 3. The van der Waals surface area contributed by atoms with E-state index in [0.29, 0.717) is 35.6 Å². The average Bonchev–Trinajstić information content (AvgIpc) is 2.85. The number of piperidine rings is 1. The summed E-state index contributed by atoms with van der Waals surface area (Å²) in [5.74, 6) is -0.270. The van der Waals surface area contributed by atoms with Crippen molar-refractivity contribution in [2.24, 2.45) is 4.99 Å². The molecule has 37 heavy (non-hydrogen) atoms. The van der Waals surface area contributed by atoms with Crippen LogP contribution in [-0.2, 0) is 13.1 Å². The minimum Gasteiger partial charge on any atom is -0.398 e. The number of nitrogens with one attached hydrogen (secondary N) is 2. The van der Waals surface area contributed by atoms with Crippen LogP contribution in [0.5, 0.6) is 0 Å². The van der Waals surface area contributed by atoms with Crippen molar-refractivity contribution in [2.75, 3.05) is 24.1 Å². The Morgan fingerprint density at radius 2 is 2.08 bits per heavy atom. The van der Waals surface area contributed by atoms with E-state index in [1.807, 2.05) is 39.0 Å². The van der Waals surface area contributed by atoms with Crippen LogP contribution < -0.4 is 11.1 Å². The number of halogens is 2. The molecule has 0 saturated carbocycles. The van der Waals surface area contributed by atoms with Gasteiger partial charge in [0.1, 0.15) is 11.6 Å². The number of allylic oxidation sites excluding steroid dienone is 2. The van der Waals surface area contributed by atoms with Crippen LogP contribution in [0.1, 0.15) is 50.3 Å². The molecule has 0 bridgehead atoms. The molecule has 6 nitrogen and oxygen atoms in total. The number of aliphatic imine (C=N–C) groups is 1. The maximum atomic E-state index is 14.2. The number of anilines is 2. The van der Waals surface area contributed by atoms with E-state index in [9.17, 15) is 8.78 Å². The van der Waals surface area contributed by atoms with Crippen molar-refractivity contribution < 1.29 is 8.78 Å². The van der Waals surface area contributed by atoms with Crippen LogP contribution in [0, 0.1) is 17.0 Å². The Morgan fingerprint density at radius 3 is 2.78 bits per heavy atom. The summed E-state index contributed by atoms with van der Waals surface area (Å²) in [6.07, 6.45) is 5.57. The zero-order valence-electron chi connectivity index (χ0n) is 21.8. The summed E-state index contributed by atoms with van der Waals surface area (Å²) >= 11 is 0. The van der Waals surface area contributed by atoms with E-state index in [-0.39, 0.29) is 12.1 Å². The number of hydrogen-bond acceptors (Lipinski definition) is 6. The van der Waals surface area contributed by atoms with Crippen molar-refractivity contribution in [1.82, 2.24) is 9.80 Å². The highest BCUT2D eigenvalue weighted by molar-refractivity contribution is 6.24. The van der Waals surface area contributed by atoms with Crippen LogP contribution in [0.3, 0.4) is 0 Å². The third-order valence-corrected chi connectivity index (χ3v) is 6.95. The first-order valence-corrected chi connectivity index (χ1v) is 12.8. The van der Waals surface area contributed by atoms with Crippen LogP contribution in [0.2, 0.25) is 0 Å². The molecule has 1 saturated heterocycles. The van der Waals surface area contributed by atoms with Gasteiger partial charge < -0.3 is 16.0 Å². The average molecular weight is 507 g/mol. The van der Waals surface area contributed by atoms with Gasteiger partial charge in [-0.05, 0) is 63.9 Å². The Hall–Kier alpha value is -3.52. The van der Waals surface area contributed by atoms with Crippen molar-refractivity contribution in [3.8, 4) is 0 Å². The largest absolute Gasteiger partial charge is 0.398 e. The number of nitrogens with zero attached hydrogens (tertiary/aromatic N) is 3. The molecule has 2 aromatic carbocycles. The van der Waals surface area contributed by atoms with Gasteiger partial charge in [0, 0.05) is 72.1 Å². The van der Waals surface area contributed by atoms with Crippen molar-refractivity contribution >= 4 is 23.3 Å². The third kappa shape index (κ3) is 6.07. The Bertz CT molecular complexity index is 1250. The molecule has 0 unspecified atom stereocenters. The Labute approximate surface area is 218 Å². The fourth-order valence-electron chi connectivity index (χ4n) is 4.97. The number of fused-ring (bicyclic) bond motifs is 1. The molecular formula is C29H36F2N6. The highest BCUT2D eigenvalue weighted by Crippen LogP contribution is 2.34. The van der Waals surface area contributed by atoms with E-state index in [1.165, 1.54) is 12.1 Å². The summed E-state index contributed by atoms with van der Waals surface area (Å²) in [6, 6.07) is 7.97. The number of nitrogen functional groups attached to an aromatic ring is 1. The molecule has 0 radical (unpaired) electrons. The van der Waals surface area contributed by atoms with Gasteiger partial charge in [0.25, 0.3) is 0 Å². The summed E-state index contributed by atoms with van der Waals surface area (Å²) in [5.41, 5.74) is 11.1. The van der Waals surface area contributed by atoms with Crippen LogP contribution in [0.4, 0.5) is 20.2 Å². The second kappa shape index (κ2) is 11.3. The minimum atomic E-state index is -0.561. The smallest absolute Gasteiger partial charge is 0.130 e. The lowest BCUT2D eigenvalue weighted by Gasteiger charge is -2.44. The van der Waals surface area contributed by atoms with Crippen molar-refractivity contribution in [3.63, 3.8) is 0 Å². The topological polar surface area (TPSA) is 80.7 Å². The van der Waals surface area contributed by atoms with Crippen LogP contribution in [0.15, 0.2) is 59.4 Å². The second-order valence-electron chi connectivity index (χ2n) is 10.1. The van der Waals surface area contributed by atoms with Crippen LogP contribution >= 0.6 is 0 Å². The van der Waals surface area contributed by atoms with Crippen molar-refractivity contribution in [1.29, 1.82) is 5.41 Å². The van der Waals surface area contributed by atoms with Gasteiger partial charge in [0.15, 0.2) is 0 Å². The number of rotatable bonds is 7. The van der Waals surface area contributed by atoms with Gasteiger partial charge in [-0.3, -0.25) is 15.3 Å². The predicted molar refractivity (Wildman–Crippen MR) is 148 cm³/mol. The first-order chi connectivity index (χ1) is 17.7. The Kier molecular flexibility index (Phi) is 8.07. The number of nitrogens with two attached hydrogens (primary N) is 1. The predicted octanol–water partition coefficient (Wildman–Crippen LogP) is 5.70. The molecule has 2 aliphatic rings. The number of likely N-dealkylation sites (tertiary alicyclic amines) is 1. The molecule has 8 heteroatoms. The molecule has 4 N–H and O–H groups in total. The molecule has 4 rings (SSSR count). The standard InChI is InChI=1S/C29H36F2N6/c1-5-20(14-34-18(2)3)29(33)25-11-22-16-37(19(4)35-28(22)13-27(25)32)24-7-6-10-36(17-24)15-21-8-9-23(30)12-26(21)31/h5,8-9,11-14,18,24,33,35H,4,6-7,10,15-17,32H2,1-3H3/b20-5+,33-29?,34-14?/t24-/m1/s1. The maximum Gasteiger partial charge on any atom is 0.130 e. The Balaban J connectivity index is 1.52. The minimum absolute atomic E-state index is 0.141. The third-order valence-electron chi connectivity index (χ3n) is 6.95. The van der Waals surface area contributed by atoms with Gasteiger partial charge >= 0.3 is 0 Å². The van der Waals surface area contributed by atoms with Gasteiger partial charge in [-0.1, -0.05) is 18.7 Å². The van der Waals surface area contributed by atoms with Gasteiger partial charge in [-0.2, -0.15) is 0 Å². The van der Waals surface area contributed by atoms with E-state index in [2.05, 4.69) is 26.7 Å². The summed E-state index contributed by atoms with van der Waals surface area (Å²) in [7, 11) is 0. The SMILES string of the molecule is C=C1Nc2cc(N)c(C(=N)/C(C=NC(C)C)=C/C)cc2CN1[C@@H]1CCCN(Cc2ccc(F)cc2F)C1. The van der Waals surface area contributed by atoms with Crippen molar-refractivity contribution in [2.45, 2.75) is 58.8 Å². The molecule has 1 fully saturated rings. The first kappa shape index (κ1) is 26.5. The molecular weight excluding hydrogens is 470 g/mol. The Morgan fingerprint density at radius 1 is 1.30 bits per heavy atom. The lowest BCUT2D eigenvalue weighted by Crippen LogP contribution is -2.49. The van der Waals surface area contributed by atoms with E-state index in [0.717, 1.165) is 54.6 Å². The number of benzene rings is 2. The zero-order valence-corrected chi connectivity index (χ0v) is 21.8. The molecule has 0 amide bonds. The summed E-state index contributed by atoms with van der Waals surface area (Å²) in [6.45, 7) is 12.8. The van der Waals surface area contributed by atoms with Gasteiger partial charge in [-0.15, -0.1) is 0 Å². The summed E-state index contributed by atoms with van der Waals surface area (Å²) < 4.78 is 27.6. The second-order valence-corrected chi connectivity index (χ2v) is 10.1. The molecule has 2 aliphatic heterocycles.